The van der Waals surface area contributed by atoms with Gasteiger partial charge in [-0.3, -0.25) is 4.79 Å². The third-order valence-electron chi connectivity index (χ3n) is 1.19. The van der Waals surface area contributed by atoms with Gasteiger partial charge in [-0.05, 0) is 13.8 Å². The first-order valence-corrected chi connectivity index (χ1v) is 3.21. The Labute approximate surface area is 65.1 Å². The summed E-state index contributed by atoms with van der Waals surface area (Å²) in [5.74, 6) is -0.723. The number of nitrogens with zero attached hydrogens (tertiary/aromatic N) is 1. The van der Waals surface area contributed by atoms with E-state index in [2.05, 4.69) is 0 Å². The first-order chi connectivity index (χ1) is 4.89. The van der Waals surface area contributed by atoms with E-state index in [1.54, 1.807) is 6.07 Å². The van der Waals surface area contributed by atoms with Crippen molar-refractivity contribution in [2.24, 2.45) is 0 Å². The van der Waals surface area contributed by atoms with Crippen LogP contribution in [-0.2, 0) is 4.79 Å². The van der Waals surface area contributed by atoms with Crippen molar-refractivity contribution in [1.82, 2.24) is 0 Å². The number of Topliss-reactive ketones (excluding diaryl/α,β-unsaturated/α-hetero) is 1. The van der Waals surface area contributed by atoms with Gasteiger partial charge in [0, 0.05) is 0 Å². The average molecular weight is 157 g/mol. The van der Waals surface area contributed by atoms with Crippen LogP contribution >= 0.6 is 0 Å². The van der Waals surface area contributed by atoms with E-state index >= 15 is 0 Å². The normalized spacial score (nSPS) is 13.7. The molecule has 0 saturated carbocycles. The zero-order valence-corrected chi connectivity index (χ0v) is 6.53. The zero-order chi connectivity index (χ0) is 9.07. The number of hydrogen-bond acceptors (Lipinski definition) is 4. The highest BCUT2D eigenvalue weighted by Crippen LogP contribution is 2.07. The van der Waals surface area contributed by atoms with E-state index in [-0.39, 0.29) is 6.42 Å². The van der Waals surface area contributed by atoms with Gasteiger partial charge >= 0.3 is 0 Å². The van der Waals surface area contributed by atoms with E-state index < -0.39 is 17.5 Å². The van der Waals surface area contributed by atoms with Gasteiger partial charge in [0.15, 0.2) is 5.78 Å². The zero-order valence-electron chi connectivity index (χ0n) is 6.53. The second kappa shape index (κ2) is 3.46. The van der Waals surface area contributed by atoms with Crippen LogP contribution in [0.25, 0.3) is 0 Å². The molecule has 11 heavy (non-hydrogen) atoms. The summed E-state index contributed by atoms with van der Waals surface area (Å²) in [6.07, 6.45) is -1.65. The average Bonchev–Trinajstić information content (AvgIpc) is 1.85. The van der Waals surface area contributed by atoms with E-state index in [9.17, 15) is 4.79 Å². The lowest BCUT2D eigenvalue weighted by Crippen LogP contribution is -2.39. The van der Waals surface area contributed by atoms with Crippen molar-refractivity contribution in [3.63, 3.8) is 0 Å². The Bertz CT molecular complexity index is 187. The summed E-state index contributed by atoms with van der Waals surface area (Å²) < 4.78 is 0. The SMILES string of the molecule is CC(C)(O)C(=O)C(O)CC#N. The maximum atomic E-state index is 10.9. The lowest BCUT2D eigenvalue weighted by molar-refractivity contribution is -0.142. The molecule has 0 aliphatic heterocycles. The molecular formula is C7H11NO3. The number of carbonyl (C=O) groups excluding carboxylic acids is 1. The van der Waals surface area contributed by atoms with Crippen LogP contribution in [-0.4, -0.2) is 27.7 Å². The minimum atomic E-state index is -1.56. The van der Waals surface area contributed by atoms with Crippen LogP contribution in [0, 0.1) is 11.3 Å². The Morgan fingerprint density at radius 3 is 2.45 bits per heavy atom. The maximum absolute atomic E-state index is 10.9. The van der Waals surface area contributed by atoms with Crippen molar-refractivity contribution in [3.8, 4) is 6.07 Å². The number of aliphatic hydroxyl groups excluding tert-OH is 1. The van der Waals surface area contributed by atoms with E-state index in [4.69, 9.17) is 15.5 Å². The third kappa shape index (κ3) is 3.12. The van der Waals surface area contributed by atoms with Gasteiger partial charge in [0.05, 0.1) is 12.5 Å². The molecule has 1 unspecified atom stereocenters. The van der Waals surface area contributed by atoms with Crippen LogP contribution in [0.1, 0.15) is 20.3 Å². The van der Waals surface area contributed by atoms with Gasteiger partial charge in [0.1, 0.15) is 11.7 Å². The lowest BCUT2D eigenvalue weighted by Gasteiger charge is -2.17. The maximum Gasteiger partial charge on any atom is 0.193 e. The largest absolute Gasteiger partial charge is 0.384 e. The van der Waals surface area contributed by atoms with Crippen LogP contribution in [0.5, 0.6) is 0 Å². The summed E-state index contributed by atoms with van der Waals surface area (Å²) in [6.45, 7) is 2.55. The summed E-state index contributed by atoms with van der Waals surface area (Å²) in [5, 5.41) is 26.1. The Hall–Kier alpha value is -0.920. The van der Waals surface area contributed by atoms with Crippen molar-refractivity contribution >= 4 is 5.78 Å². The number of ketones is 1. The molecule has 4 nitrogen and oxygen atoms in total. The van der Waals surface area contributed by atoms with Gasteiger partial charge in [-0.1, -0.05) is 0 Å². The predicted octanol–water partition coefficient (Wildman–Crippen LogP) is -0.399. The van der Waals surface area contributed by atoms with Crippen molar-refractivity contribution in [2.45, 2.75) is 32.0 Å². The molecule has 0 bridgehead atoms. The van der Waals surface area contributed by atoms with Crippen LogP contribution in [0.2, 0.25) is 0 Å². The molecule has 4 heteroatoms. The molecule has 0 spiro atoms. The highest BCUT2D eigenvalue weighted by atomic mass is 16.3. The molecular weight excluding hydrogens is 146 g/mol. The van der Waals surface area contributed by atoms with Crippen molar-refractivity contribution in [3.05, 3.63) is 0 Å². The smallest absolute Gasteiger partial charge is 0.193 e. The monoisotopic (exact) mass is 157 g/mol. The van der Waals surface area contributed by atoms with Gasteiger partial charge in [0.2, 0.25) is 0 Å². The molecule has 0 aliphatic carbocycles. The number of nitriles is 1. The fourth-order valence-corrected chi connectivity index (χ4v) is 0.587. The summed E-state index contributed by atoms with van der Waals surface area (Å²) in [4.78, 5) is 10.9. The topological polar surface area (TPSA) is 81.3 Å². The molecule has 62 valence electrons. The minimum Gasteiger partial charge on any atom is -0.384 e. The Morgan fingerprint density at radius 1 is 1.73 bits per heavy atom. The van der Waals surface area contributed by atoms with Gasteiger partial charge in [-0.25, -0.2) is 0 Å². The van der Waals surface area contributed by atoms with Gasteiger partial charge in [0.25, 0.3) is 0 Å². The fourth-order valence-electron chi connectivity index (χ4n) is 0.587. The predicted molar refractivity (Wildman–Crippen MR) is 37.5 cm³/mol. The molecule has 0 heterocycles. The van der Waals surface area contributed by atoms with Gasteiger partial charge in [-0.2, -0.15) is 5.26 Å². The highest BCUT2D eigenvalue weighted by molar-refractivity contribution is 5.90. The molecule has 0 aromatic rings. The number of aliphatic hydroxyl groups is 2. The molecule has 1 atom stereocenters. The van der Waals surface area contributed by atoms with E-state index in [0.29, 0.717) is 0 Å². The number of rotatable bonds is 3. The lowest BCUT2D eigenvalue weighted by atomic mass is 9.98. The molecule has 2 N–H and O–H groups in total. The molecule has 0 saturated heterocycles. The van der Waals surface area contributed by atoms with Gasteiger partial charge < -0.3 is 10.2 Å². The molecule has 0 aromatic heterocycles. The van der Waals surface area contributed by atoms with Crippen molar-refractivity contribution in [2.75, 3.05) is 0 Å². The molecule has 0 rings (SSSR count). The number of hydrogen-bond donors (Lipinski definition) is 2. The second-order valence-electron chi connectivity index (χ2n) is 2.80. The summed E-state index contributed by atoms with van der Waals surface area (Å²) in [5.41, 5.74) is -1.56. The van der Waals surface area contributed by atoms with Crippen molar-refractivity contribution < 1.29 is 15.0 Å². The van der Waals surface area contributed by atoms with Crippen LogP contribution in [0.15, 0.2) is 0 Å². The molecule has 0 fully saturated rings. The standard InChI is InChI=1S/C7H11NO3/c1-7(2,11)6(10)5(9)3-4-8/h5,9,11H,3H2,1-2H3. The molecule has 0 aliphatic rings. The highest BCUT2D eigenvalue weighted by Gasteiger charge is 2.29. The van der Waals surface area contributed by atoms with E-state index in [1.165, 1.54) is 13.8 Å². The molecule has 0 amide bonds. The van der Waals surface area contributed by atoms with E-state index in [1.807, 2.05) is 0 Å². The van der Waals surface area contributed by atoms with Crippen LogP contribution in [0.3, 0.4) is 0 Å². The summed E-state index contributed by atoms with van der Waals surface area (Å²) in [6, 6.07) is 1.64. The third-order valence-corrected chi connectivity index (χ3v) is 1.19. The Kier molecular flexibility index (Phi) is 3.18. The molecule has 0 radical (unpaired) electrons. The van der Waals surface area contributed by atoms with Gasteiger partial charge in [-0.15, -0.1) is 0 Å². The minimum absolute atomic E-state index is 0.275. The first-order valence-electron chi connectivity index (χ1n) is 3.21. The number of carbonyl (C=O) groups is 1. The molecule has 0 aromatic carbocycles. The van der Waals surface area contributed by atoms with Crippen molar-refractivity contribution in [1.29, 1.82) is 5.26 Å². The second-order valence-corrected chi connectivity index (χ2v) is 2.80. The summed E-state index contributed by atoms with van der Waals surface area (Å²) in [7, 11) is 0. The fraction of sp³-hybridized carbons (Fsp3) is 0.714. The summed E-state index contributed by atoms with van der Waals surface area (Å²) >= 11 is 0. The van der Waals surface area contributed by atoms with E-state index in [0.717, 1.165) is 0 Å². The van der Waals surface area contributed by atoms with Crippen LogP contribution < -0.4 is 0 Å². The van der Waals surface area contributed by atoms with Crippen LogP contribution in [0.4, 0.5) is 0 Å². The quantitative estimate of drug-likeness (QED) is 0.584. The first kappa shape index (κ1) is 10.1. The Morgan fingerprint density at radius 2 is 2.18 bits per heavy atom. The Balaban J connectivity index is 4.17.